The second-order valence-electron chi connectivity index (χ2n) is 6.13. The second-order valence-corrected chi connectivity index (χ2v) is 6.13. The van der Waals surface area contributed by atoms with Crippen molar-refractivity contribution >= 4 is 5.65 Å². The Labute approximate surface area is 154 Å². The molecule has 0 saturated heterocycles. The lowest BCUT2D eigenvalue weighted by Crippen LogP contribution is -2.04. The van der Waals surface area contributed by atoms with Crippen molar-refractivity contribution in [2.45, 2.75) is 12.8 Å². The number of benzene rings is 1. The lowest BCUT2D eigenvalue weighted by molar-refractivity contribution is 0.404. The summed E-state index contributed by atoms with van der Waals surface area (Å²) in [5.41, 5.74) is 3.72. The number of fused-ring (bicyclic) bond motifs is 1. The van der Waals surface area contributed by atoms with Gasteiger partial charge in [0.15, 0.2) is 5.65 Å². The van der Waals surface area contributed by atoms with Gasteiger partial charge in [0.2, 0.25) is 5.56 Å². The standard InChI is InChI=1S/C20H17FN4O2/c1-27-18-4-2-3-17(21)16(18)9-7-14-6-8-15(20-24-23-12-25(14)20)13-5-10-19(26)22-11-13/h2-6,8,10-12H,7,9H2,1H3,(H,22,26). The van der Waals surface area contributed by atoms with Crippen molar-refractivity contribution in [1.82, 2.24) is 19.6 Å². The fourth-order valence-corrected chi connectivity index (χ4v) is 3.20. The third-order valence-corrected chi connectivity index (χ3v) is 4.56. The molecule has 0 radical (unpaired) electrons. The van der Waals surface area contributed by atoms with Gasteiger partial charge < -0.3 is 9.72 Å². The molecule has 1 aromatic carbocycles. The van der Waals surface area contributed by atoms with Crippen LogP contribution in [-0.4, -0.2) is 26.7 Å². The predicted octanol–water partition coefficient (Wildman–Crippen LogP) is 3.02. The van der Waals surface area contributed by atoms with Crippen LogP contribution in [-0.2, 0) is 12.8 Å². The molecular formula is C20H17FN4O2. The molecule has 0 aliphatic heterocycles. The van der Waals surface area contributed by atoms with Crippen LogP contribution in [0.5, 0.6) is 5.75 Å². The van der Waals surface area contributed by atoms with Gasteiger partial charge >= 0.3 is 0 Å². The van der Waals surface area contributed by atoms with Crippen LogP contribution >= 0.6 is 0 Å². The monoisotopic (exact) mass is 364 g/mol. The fourth-order valence-electron chi connectivity index (χ4n) is 3.20. The minimum absolute atomic E-state index is 0.160. The third kappa shape index (κ3) is 3.19. The van der Waals surface area contributed by atoms with Crippen LogP contribution in [0, 0.1) is 5.82 Å². The van der Waals surface area contributed by atoms with Crippen LogP contribution in [0.25, 0.3) is 16.8 Å². The van der Waals surface area contributed by atoms with Crippen molar-refractivity contribution in [2.24, 2.45) is 0 Å². The zero-order valence-corrected chi connectivity index (χ0v) is 14.6. The first kappa shape index (κ1) is 17.0. The van der Waals surface area contributed by atoms with Gasteiger partial charge in [0, 0.05) is 34.6 Å². The summed E-state index contributed by atoms with van der Waals surface area (Å²) in [5, 5.41) is 8.22. The highest BCUT2D eigenvalue weighted by molar-refractivity contribution is 5.76. The van der Waals surface area contributed by atoms with Gasteiger partial charge in [-0.2, -0.15) is 0 Å². The molecule has 0 unspecified atom stereocenters. The molecular weight excluding hydrogens is 347 g/mol. The molecule has 136 valence electrons. The number of nitrogens with one attached hydrogen (secondary N) is 1. The van der Waals surface area contributed by atoms with Crippen molar-refractivity contribution in [1.29, 1.82) is 0 Å². The normalized spacial score (nSPS) is 11.0. The zero-order valence-electron chi connectivity index (χ0n) is 14.6. The molecule has 0 saturated carbocycles. The van der Waals surface area contributed by atoms with E-state index in [-0.39, 0.29) is 11.4 Å². The summed E-state index contributed by atoms with van der Waals surface area (Å²) in [7, 11) is 1.54. The Morgan fingerprint density at radius 1 is 1.15 bits per heavy atom. The number of halogens is 1. The Bertz CT molecular complexity index is 1150. The number of aromatic nitrogens is 4. The highest BCUT2D eigenvalue weighted by Gasteiger charge is 2.13. The molecule has 4 rings (SSSR count). The summed E-state index contributed by atoms with van der Waals surface area (Å²) in [6.45, 7) is 0. The Balaban J connectivity index is 1.69. The molecule has 0 bridgehead atoms. The Hall–Kier alpha value is -3.48. The van der Waals surface area contributed by atoms with Crippen LogP contribution in [0.15, 0.2) is 59.8 Å². The smallest absolute Gasteiger partial charge is 0.247 e. The zero-order chi connectivity index (χ0) is 18.8. The number of rotatable bonds is 5. The molecule has 0 atom stereocenters. The van der Waals surface area contributed by atoms with Gasteiger partial charge in [-0.3, -0.25) is 9.20 Å². The van der Waals surface area contributed by atoms with E-state index < -0.39 is 0 Å². The molecule has 0 aliphatic carbocycles. The van der Waals surface area contributed by atoms with Crippen LogP contribution in [0.2, 0.25) is 0 Å². The molecule has 3 heterocycles. The quantitative estimate of drug-likeness (QED) is 0.591. The fraction of sp³-hybridized carbons (Fsp3) is 0.150. The molecule has 0 amide bonds. The summed E-state index contributed by atoms with van der Waals surface area (Å²) in [5.74, 6) is 0.263. The number of methoxy groups -OCH3 is 1. The Morgan fingerprint density at radius 3 is 2.81 bits per heavy atom. The summed E-state index contributed by atoms with van der Waals surface area (Å²) in [4.78, 5) is 14.0. The second kappa shape index (κ2) is 7.03. The number of pyridine rings is 2. The van der Waals surface area contributed by atoms with E-state index in [2.05, 4.69) is 15.2 Å². The van der Waals surface area contributed by atoms with Crippen LogP contribution < -0.4 is 10.3 Å². The molecule has 3 aromatic heterocycles. The number of hydrogen-bond donors (Lipinski definition) is 1. The van der Waals surface area contributed by atoms with Crippen LogP contribution in [0.4, 0.5) is 4.39 Å². The van der Waals surface area contributed by atoms with Gasteiger partial charge in [-0.15, -0.1) is 10.2 Å². The topological polar surface area (TPSA) is 72.3 Å². The molecule has 6 nitrogen and oxygen atoms in total. The minimum Gasteiger partial charge on any atom is -0.496 e. The van der Waals surface area contributed by atoms with Crippen LogP contribution in [0.1, 0.15) is 11.3 Å². The molecule has 0 fully saturated rings. The minimum atomic E-state index is -0.279. The third-order valence-electron chi connectivity index (χ3n) is 4.56. The molecule has 0 aliphatic rings. The Kier molecular flexibility index (Phi) is 4.42. The number of hydrogen-bond acceptors (Lipinski definition) is 4. The van der Waals surface area contributed by atoms with Crippen molar-refractivity contribution in [3.8, 4) is 16.9 Å². The van der Waals surface area contributed by atoms with Crippen molar-refractivity contribution in [3.63, 3.8) is 0 Å². The lowest BCUT2D eigenvalue weighted by atomic mass is 10.0. The van der Waals surface area contributed by atoms with Crippen LogP contribution in [0.3, 0.4) is 0 Å². The van der Waals surface area contributed by atoms with E-state index in [1.54, 1.807) is 30.7 Å². The van der Waals surface area contributed by atoms with Crippen molar-refractivity contribution in [3.05, 3.63) is 82.4 Å². The van der Waals surface area contributed by atoms with Crippen molar-refractivity contribution < 1.29 is 9.13 Å². The van der Waals surface area contributed by atoms with E-state index in [1.165, 1.54) is 19.2 Å². The highest BCUT2D eigenvalue weighted by Crippen LogP contribution is 2.26. The van der Waals surface area contributed by atoms with E-state index in [4.69, 9.17) is 4.74 Å². The predicted molar refractivity (Wildman–Crippen MR) is 99.4 cm³/mol. The average molecular weight is 364 g/mol. The van der Waals surface area contributed by atoms with Crippen molar-refractivity contribution in [2.75, 3.05) is 7.11 Å². The summed E-state index contributed by atoms with van der Waals surface area (Å²) in [6, 6.07) is 11.9. The molecule has 1 N–H and O–H groups in total. The first-order valence-electron chi connectivity index (χ1n) is 8.49. The number of nitrogens with zero attached hydrogens (tertiary/aromatic N) is 3. The number of aromatic amines is 1. The van der Waals surface area contributed by atoms with Gasteiger partial charge in [0.05, 0.1) is 7.11 Å². The molecule has 0 spiro atoms. The van der Waals surface area contributed by atoms with E-state index >= 15 is 0 Å². The molecule has 27 heavy (non-hydrogen) atoms. The first-order valence-corrected chi connectivity index (χ1v) is 8.49. The number of ether oxygens (including phenoxy) is 1. The maximum atomic E-state index is 14.2. The summed E-state index contributed by atoms with van der Waals surface area (Å²) in [6.07, 6.45) is 4.37. The van der Waals surface area contributed by atoms with Gasteiger partial charge in [-0.05, 0) is 43.2 Å². The van der Waals surface area contributed by atoms with Gasteiger partial charge in [0.25, 0.3) is 0 Å². The summed E-state index contributed by atoms with van der Waals surface area (Å²) < 4.78 is 21.3. The number of aryl methyl sites for hydroxylation is 1. The average Bonchev–Trinajstić information content (AvgIpc) is 3.17. The summed E-state index contributed by atoms with van der Waals surface area (Å²) >= 11 is 0. The first-order chi connectivity index (χ1) is 13.2. The maximum absolute atomic E-state index is 14.2. The van der Waals surface area contributed by atoms with Gasteiger partial charge in [-0.25, -0.2) is 4.39 Å². The highest BCUT2D eigenvalue weighted by atomic mass is 19.1. The lowest BCUT2D eigenvalue weighted by Gasteiger charge is -2.11. The van der Waals surface area contributed by atoms with Gasteiger partial charge in [-0.1, -0.05) is 6.07 Å². The molecule has 7 heteroatoms. The number of H-pyrrole nitrogens is 1. The van der Waals surface area contributed by atoms with E-state index in [0.717, 1.165) is 16.8 Å². The maximum Gasteiger partial charge on any atom is 0.247 e. The van der Waals surface area contributed by atoms with Gasteiger partial charge in [0.1, 0.15) is 17.9 Å². The Morgan fingerprint density at radius 2 is 2.04 bits per heavy atom. The largest absolute Gasteiger partial charge is 0.496 e. The SMILES string of the molecule is COc1cccc(F)c1CCc1ccc(-c2ccc(=O)[nH]c2)c2nncn12. The van der Waals surface area contributed by atoms with E-state index in [1.807, 2.05) is 16.5 Å². The van der Waals surface area contributed by atoms with E-state index in [9.17, 15) is 9.18 Å². The van der Waals surface area contributed by atoms with E-state index in [0.29, 0.717) is 29.8 Å². The molecule has 4 aromatic rings.